The molecule has 1 aromatic heterocycles. The highest BCUT2D eigenvalue weighted by atomic mass is 32.1. The van der Waals surface area contributed by atoms with Crippen molar-refractivity contribution < 1.29 is 9.53 Å². The largest absolute Gasteiger partial charge is 0.496 e. The SMILES string of the molecule is CCc1cc(C#N)c(NC(=O)c2ccc(OC)c3ccccc23)s1. The predicted octanol–water partition coefficient (Wildman–Crippen LogP) is 4.60. The zero-order chi connectivity index (χ0) is 17.1. The number of benzene rings is 2. The summed E-state index contributed by atoms with van der Waals surface area (Å²) in [6.07, 6.45) is 0.834. The highest BCUT2D eigenvalue weighted by Gasteiger charge is 2.16. The third-order valence-corrected chi connectivity index (χ3v) is 5.02. The first-order valence-corrected chi connectivity index (χ1v) is 8.39. The van der Waals surface area contributed by atoms with Crippen LogP contribution in [-0.4, -0.2) is 13.0 Å². The van der Waals surface area contributed by atoms with E-state index in [4.69, 9.17) is 4.74 Å². The quantitative estimate of drug-likeness (QED) is 0.757. The minimum atomic E-state index is -0.227. The Hall–Kier alpha value is -2.84. The van der Waals surface area contributed by atoms with E-state index in [-0.39, 0.29) is 5.91 Å². The number of aryl methyl sites for hydroxylation is 1. The fourth-order valence-corrected chi connectivity index (χ4v) is 3.55. The molecule has 0 aliphatic carbocycles. The third kappa shape index (κ3) is 2.84. The Kier molecular flexibility index (Phi) is 4.50. The van der Waals surface area contributed by atoms with Gasteiger partial charge in [-0.2, -0.15) is 5.26 Å². The molecular formula is C19H16N2O2S. The van der Waals surface area contributed by atoms with Crippen LogP contribution >= 0.6 is 11.3 Å². The van der Waals surface area contributed by atoms with E-state index in [2.05, 4.69) is 11.4 Å². The third-order valence-electron chi connectivity index (χ3n) is 3.83. The molecule has 0 aliphatic rings. The van der Waals surface area contributed by atoms with E-state index in [1.54, 1.807) is 19.2 Å². The van der Waals surface area contributed by atoms with Gasteiger partial charge in [-0.3, -0.25) is 4.79 Å². The number of nitrogens with one attached hydrogen (secondary N) is 1. The van der Waals surface area contributed by atoms with Crippen LogP contribution in [0.1, 0.15) is 27.7 Å². The second-order valence-corrected chi connectivity index (χ2v) is 6.37. The van der Waals surface area contributed by atoms with Gasteiger partial charge in [0.1, 0.15) is 16.8 Å². The Morgan fingerprint density at radius 1 is 1.25 bits per heavy atom. The van der Waals surface area contributed by atoms with Crippen LogP contribution in [0.4, 0.5) is 5.00 Å². The van der Waals surface area contributed by atoms with Crippen LogP contribution in [-0.2, 0) is 6.42 Å². The lowest BCUT2D eigenvalue weighted by Gasteiger charge is -2.10. The molecule has 0 atom stereocenters. The first-order chi connectivity index (χ1) is 11.7. The number of hydrogen-bond donors (Lipinski definition) is 1. The fraction of sp³-hybridized carbons (Fsp3) is 0.158. The number of carbonyl (C=O) groups excluding carboxylic acids is 1. The summed E-state index contributed by atoms with van der Waals surface area (Å²) in [5.74, 6) is 0.499. The van der Waals surface area contributed by atoms with Crippen LogP contribution in [0.3, 0.4) is 0 Å². The van der Waals surface area contributed by atoms with Crippen molar-refractivity contribution in [1.29, 1.82) is 5.26 Å². The average molecular weight is 336 g/mol. The summed E-state index contributed by atoms with van der Waals surface area (Å²) in [5, 5.41) is 14.4. The van der Waals surface area contributed by atoms with Crippen LogP contribution in [0.25, 0.3) is 10.8 Å². The standard InChI is InChI=1S/C19H16N2O2S/c1-3-13-10-12(11-20)19(24-13)21-18(22)16-8-9-17(23-2)15-7-5-4-6-14(15)16/h4-10H,3H2,1-2H3,(H,21,22). The van der Waals surface area contributed by atoms with Crippen molar-refractivity contribution in [3.8, 4) is 11.8 Å². The molecule has 0 spiro atoms. The van der Waals surface area contributed by atoms with Gasteiger partial charge < -0.3 is 10.1 Å². The van der Waals surface area contributed by atoms with E-state index in [0.717, 1.165) is 27.8 Å². The van der Waals surface area contributed by atoms with Gasteiger partial charge in [-0.15, -0.1) is 11.3 Å². The summed E-state index contributed by atoms with van der Waals surface area (Å²) < 4.78 is 5.36. The average Bonchev–Trinajstić information content (AvgIpc) is 3.02. The number of ether oxygens (including phenoxy) is 1. The van der Waals surface area contributed by atoms with E-state index in [9.17, 15) is 10.1 Å². The van der Waals surface area contributed by atoms with E-state index < -0.39 is 0 Å². The number of carbonyl (C=O) groups is 1. The minimum Gasteiger partial charge on any atom is -0.496 e. The molecule has 3 rings (SSSR count). The van der Waals surface area contributed by atoms with Crippen molar-refractivity contribution in [2.75, 3.05) is 12.4 Å². The number of fused-ring (bicyclic) bond motifs is 1. The van der Waals surface area contributed by atoms with Crippen molar-refractivity contribution in [3.63, 3.8) is 0 Å². The van der Waals surface area contributed by atoms with Crippen molar-refractivity contribution in [2.45, 2.75) is 13.3 Å². The number of rotatable bonds is 4. The van der Waals surface area contributed by atoms with Gasteiger partial charge in [-0.25, -0.2) is 0 Å². The molecule has 1 amide bonds. The highest BCUT2D eigenvalue weighted by molar-refractivity contribution is 7.16. The highest BCUT2D eigenvalue weighted by Crippen LogP contribution is 2.31. The van der Waals surface area contributed by atoms with E-state index >= 15 is 0 Å². The molecule has 2 aromatic carbocycles. The van der Waals surface area contributed by atoms with Crippen LogP contribution in [0.5, 0.6) is 5.75 Å². The van der Waals surface area contributed by atoms with Gasteiger partial charge in [0.2, 0.25) is 0 Å². The molecule has 1 N–H and O–H groups in total. The zero-order valence-electron chi connectivity index (χ0n) is 13.4. The number of anilines is 1. The second kappa shape index (κ2) is 6.73. The molecule has 0 unspecified atom stereocenters. The van der Waals surface area contributed by atoms with Gasteiger partial charge in [-0.1, -0.05) is 31.2 Å². The maximum Gasteiger partial charge on any atom is 0.256 e. The first kappa shape index (κ1) is 16.0. The Balaban J connectivity index is 2.01. The Morgan fingerprint density at radius 2 is 2.00 bits per heavy atom. The summed E-state index contributed by atoms with van der Waals surface area (Å²) in [7, 11) is 1.61. The van der Waals surface area contributed by atoms with Gasteiger partial charge in [-0.05, 0) is 30.0 Å². The molecule has 0 radical (unpaired) electrons. The second-order valence-electron chi connectivity index (χ2n) is 5.24. The van der Waals surface area contributed by atoms with Crippen LogP contribution in [0, 0.1) is 11.3 Å². The Morgan fingerprint density at radius 3 is 2.67 bits per heavy atom. The number of thiophene rings is 1. The lowest BCUT2D eigenvalue weighted by atomic mass is 10.0. The molecule has 0 fully saturated rings. The molecule has 24 heavy (non-hydrogen) atoms. The summed E-state index contributed by atoms with van der Waals surface area (Å²) in [6.45, 7) is 2.02. The predicted molar refractivity (Wildman–Crippen MR) is 96.9 cm³/mol. The molecular weight excluding hydrogens is 320 g/mol. The maximum atomic E-state index is 12.7. The maximum absolute atomic E-state index is 12.7. The molecule has 0 saturated heterocycles. The van der Waals surface area contributed by atoms with Gasteiger partial charge in [0.15, 0.2) is 0 Å². The van der Waals surface area contributed by atoms with Crippen LogP contribution < -0.4 is 10.1 Å². The monoisotopic (exact) mass is 336 g/mol. The summed E-state index contributed by atoms with van der Waals surface area (Å²) in [4.78, 5) is 13.8. The van der Waals surface area contributed by atoms with Gasteiger partial charge in [0.05, 0.1) is 12.7 Å². The van der Waals surface area contributed by atoms with Crippen molar-refractivity contribution >= 4 is 33.0 Å². The van der Waals surface area contributed by atoms with Crippen molar-refractivity contribution in [1.82, 2.24) is 0 Å². The van der Waals surface area contributed by atoms with Gasteiger partial charge in [0, 0.05) is 15.8 Å². The van der Waals surface area contributed by atoms with Crippen LogP contribution in [0.15, 0.2) is 42.5 Å². The smallest absolute Gasteiger partial charge is 0.256 e. The topological polar surface area (TPSA) is 62.1 Å². The summed E-state index contributed by atoms with van der Waals surface area (Å²) in [5.41, 5.74) is 1.06. The van der Waals surface area contributed by atoms with E-state index in [0.29, 0.717) is 16.1 Å². The first-order valence-electron chi connectivity index (χ1n) is 7.57. The lowest BCUT2D eigenvalue weighted by Crippen LogP contribution is -2.12. The van der Waals surface area contributed by atoms with Crippen molar-refractivity contribution in [2.24, 2.45) is 0 Å². The fourth-order valence-electron chi connectivity index (χ4n) is 2.61. The van der Waals surface area contributed by atoms with Crippen molar-refractivity contribution in [3.05, 3.63) is 58.5 Å². The summed E-state index contributed by atoms with van der Waals surface area (Å²) in [6, 6.07) is 15.1. The molecule has 0 saturated carbocycles. The molecule has 0 aliphatic heterocycles. The zero-order valence-corrected chi connectivity index (χ0v) is 14.2. The molecule has 3 aromatic rings. The van der Waals surface area contributed by atoms with Crippen LogP contribution in [0.2, 0.25) is 0 Å². The summed E-state index contributed by atoms with van der Waals surface area (Å²) >= 11 is 1.44. The molecule has 1 heterocycles. The normalized spacial score (nSPS) is 10.4. The number of hydrogen-bond acceptors (Lipinski definition) is 4. The molecule has 5 heteroatoms. The molecule has 4 nitrogen and oxygen atoms in total. The van der Waals surface area contributed by atoms with Gasteiger partial charge in [0.25, 0.3) is 5.91 Å². The number of methoxy groups -OCH3 is 1. The Labute approximate surface area is 144 Å². The molecule has 0 bridgehead atoms. The number of nitriles is 1. The minimum absolute atomic E-state index is 0.227. The number of amides is 1. The molecule has 120 valence electrons. The number of nitrogens with zero attached hydrogens (tertiary/aromatic N) is 1. The van der Waals surface area contributed by atoms with E-state index in [1.165, 1.54) is 11.3 Å². The van der Waals surface area contributed by atoms with E-state index in [1.807, 2.05) is 37.3 Å². The lowest BCUT2D eigenvalue weighted by molar-refractivity contribution is 0.102. The Bertz CT molecular complexity index is 954. The van der Waals surface area contributed by atoms with Gasteiger partial charge >= 0.3 is 0 Å².